The molecule has 3 rings (SSSR count). The second kappa shape index (κ2) is 7.77. The number of nitrogens with zero attached hydrogens (tertiary/aromatic N) is 1. The van der Waals surface area contributed by atoms with Crippen LogP contribution in [0.25, 0.3) is 22.3 Å². The average Bonchev–Trinajstić information content (AvgIpc) is 2.61. The zero-order valence-electron chi connectivity index (χ0n) is 15.2. The van der Waals surface area contributed by atoms with Crippen LogP contribution in [0, 0.1) is 19.7 Å². The van der Waals surface area contributed by atoms with E-state index in [4.69, 9.17) is 5.26 Å². The summed E-state index contributed by atoms with van der Waals surface area (Å²) in [5.41, 5.74) is 6.01. The van der Waals surface area contributed by atoms with Crippen molar-refractivity contribution in [3.05, 3.63) is 77.4 Å². The van der Waals surface area contributed by atoms with Crippen LogP contribution in [-0.2, 0) is 4.89 Å². The van der Waals surface area contributed by atoms with Crippen LogP contribution in [0.3, 0.4) is 0 Å². The molecule has 26 heavy (non-hydrogen) atoms. The van der Waals surface area contributed by atoms with Gasteiger partial charge in [-0.2, -0.15) is 0 Å². The molecule has 0 aliphatic carbocycles. The van der Waals surface area contributed by atoms with Crippen molar-refractivity contribution in [1.82, 2.24) is 4.98 Å². The molecular formula is C22H22FNO2. The van der Waals surface area contributed by atoms with Crippen molar-refractivity contribution in [1.29, 1.82) is 0 Å². The Kier molecular flexibility index (Phi) is 5.45. The summed E-state index contributed by atoms with van der Waals surface area (Å²) in [4.78, 5) is 8.45. The predicted octanol–water partition coefficient (Wildman–Crippen LogP) is 5.76. The number of aromatic nitrogens is 1. The maximum atomic E-state index is 14.8. The third-order valence-electron chi connectivity index (χ3n) is 4.51. The first-order chi connectivity index (χ1) is 12.5. The molecule has 0 radical (unpaired) electrons. The molecule has 2 aromatic carbocycles. The second-order valence-corrected chi connectivity index (χ2v) is 6.74. The van der Waals surface area contributed by atoms with E-state index in [1.165, 1.54) is 0 Å². The van der Waals surface area contributed by atoms with Crippen LogP contribution in [0.4, 0.5) is 4.39 Å². The van der Waals surface area contributed by atoms with E-state index in [0.29, 0.717) is 5.56 Å². The minimum absolute atomic E-state index is 0.0729. The van der Waals surface area contributed by atoms with Gasteiger partial charge in [0.1, 0.15) is 5.82 Å². The quantitative estimate of drug-likeness (QED) is 0.469. The van der Waals surface area contributed by atoms with E-state index in [-0.39, 0.29) is 18.3 Å². The van der Waals surface area contributed by atoms with Gasteiger partial charge in [-0.3, -0.25) is 10.2 Å². The van der Waals surface area contributed by atoms with Gasteiger partial charge < -0.3 is 0 Å². The van der Waals surface area contributed by atoms with Gasteiger partial charge in [-0.25, -0.2) is 9.28 Å². The topological polar surface area (TPSA) is 42.4 Å². The number of halogens is 1. The van der Waals surface area contributed by atoms with E-state index < -0.39 is 0 Å². The van der Waals surface area contributed by atoms with Gasteiger partial charge in [0.05, 0.1) is 6.61 Å². The van der Waals surface area contributed by atoms with Crippen LogP contribution in [0.1, 0.15) is 29.5 Å². The molecule has 1 unspecified atom stereocenters. The van der Waals surface area contributed by atoms with Crippen molar-refractivity contribution in [2.45, 2.75) is 26.7 Å². The van der Waals surface area contributed by atoms with Crippen LogP contribution < -0.4 is 0 Å². The van der Waals surface area contributed by atoms with Gasteiger partial charge >= 0.3 is 0 Å². The van der Waals surface area contributed by atoms with E-state index in [9.17, 15) is 4.39 Å². The van der Waals surface area contributed by atoms with Crippen molar-refractivity contribution in [2.24, 2.45) is 0 Å². The highest BCUT2D eigenvalue weighted by Crippen LogP contribution is 2.36. The van der Waals surface area contributed by atoms with Gasteiger partial charge in [0.15, 0.2) is 0 Å². The van der Waals surface area contributed by atoms with Gasteiger partial charge in [0.25, 0.3) is 0 Å². The lowest BCUT2D eigenvalue weighted by Crippen LogP contribution is -2.02. The molecule has 0 spiro atoms. The summed E-state index contributed by atoms with van der Waals surface area (Å²) >= 11 is 0. The number of rotatable bonds is 5. The van der Waals surface area contributed by atoms with Crippen LogP contribution in [0.2, 0.25) is 0 Å². The van der Waals surface area contributed by atoms with Gasteiger partial charge in [-0.1, -0.05) is 37.3 Å². The van der Waals surface area contributed by atoms with E-state index in [1.807, 2.05) is 57.2 Å². The maximum Gasteiger partial charge on any atom is 0.131 e. The van der Waals surface area contributed by atoms with Crippen molar-refractivity contribution in [2.75, 3.05) is 6.61 Å². The summed E-state index contributed by atoms with van der Waals surface area (Å²) in [6.45, 7) is 6.04. The highest BCUT2D eigenvalue weighted by Gasteiger charge is 2.15. The Hall–Kier alpha value is -2.56. The van der Waals surface area contributed by atoms with Crippen LogP contribution in [0.15, 0.2) is 54.9 Å². The largest absolute Gasteiger partial charge is 0.264 e. The van der Waals surface area contributed by atoms with Crippen molar-refractivity contribution in [3.63, 3.8) is 0 Å². The summed E-state index contributed by atoms with van der Waals surface area (Å²) in [6, 6.07) is 13.4. The maximum absolute atomic E-state index is 14.8. The minimum atomic E-state index is -0.251. The van der Waals surface area contributed by atoms with Gasteiger partial charge in [0.2, 0.25) is 0 Å². The molecule has 3 nitrogen and oxygen atoms in total. The van der Waals surface area contributed by atoms with E-state index in [2.05, 4.69) is 9.87 Å². The zero-order valence-corrected chi connectivity index (χ0v) is 15.2. The lowest BCUT2D eigenvalue weighted by atomic mass is 9.91. The fourth-order valence-corrected chi connectivity index (χ4v) is 3.15. The molecule has 0 aliphatic rings. The third-order valence-corrected chi connectivity index (χ3v) is 4.51. The first-order valence-corrected chi connectivity index (χ1v) is 8.58. The zero-order chi connectivity index (χ0) is 18.7. The summed E-state index contributed by atoms with van der Waals surface area (Å²) in [5.74, 6) is -0.178. The molecule has 0 saturated heterocycles. The first kappa shape index (κ1) is 18.2. The summed E-state index contributed by atoms with van der Waals surface area (Å²) in [6.07, 6.45) is 3.45. The Morgan fingerprint density at radius 1 is 1.00 bits per heavy atom. The molecule has 3 aromatic rings. The van der Waals surface area contributed by atoms with E-state index >= 15 is 0 Å². The highest BCUT2D eigenvalue weighted by atomic mass is 19.1. The SMILES string of the molecule is Cc1cncc(-c2c(F)cc(C)cc2-c2ccc(C(C)COO)cc2)c1. The third kappa shape index (κ3) is 3.82. The van der Waals surface area contributed by atoms with Gasteiger partial charge in [-0.15, -0.1) is 0 Å². The number of hydrogen-bond donors (Lipinski definition) is 1. The number of pyridine rings is 1. The molecule has 1 N–H and O–H groups in total. The van der Waals surface area contributed by atoms with Crippen molar-refractivity contribution in [3.8, 4) is 22.3 Å². The molecule has 0 amide bonds. The molecular weight excluding hydrogens is 329 g/mol. The fraction of sp³-hybridized carbons (Fsp3) is 0.227. The van der Waals surface area contributed by atoms with E-state index in [1.54, 1.807) is 18.5 Å². The molecule has 1 aromatic heterocycles. The summed E-state index contributed by atoms with van der Waals surface area (Å²) < 4.78 is 14.8. The molecule has 0 bridgehead atoms. The fourth-order valence-electron chi connectivity index (χ4n) is 3.15. The molecule has 1 atom stereocenters. The standard InChI is InChI=1S/C22H22FNO2/c1-14-9-20(18-6-4-17(5-7-18)16(3)13-26-25)22(21(23)10-14)19-8-15(2)11-24-12-19/h4-12,16,25H,13H2,1-3H3. The van der Waals surface area contributed by atoms with Crippen molar-refractivity contribution < 1.29 is 14.5 Å². The lowest BCUT2D eigenvalue weighted by Gasteiger charge is -2.15. The Morgan fingerprint density at radius 3 is 2.38 bits per heavy atom. The monoisotopic (exact) mass is 351 g/mol. The Morgan fingerprint density at radius 2 is 1.73 bits per heavy atom. The summed E-state index contributed by atoms with van der Waals surface area (Å²) in [7, 11) is 0. The van der Waals surface area contributed by atoms with Gasteiger partial charge in [-0.05, 0) is 53.8 Å². The van der Waals surface area contributed by atoms with Crippen molar-refractivity contribution >= 4 is 0 Å². The minimum Gasteiger partial charge on any atom is -0.264 e. The molecule has 0 fully saturated rings. The molecule has 1 heterocycles. The molecule has 134 valence electrons. The van der Waals surface area contributed by atoms with Crippen LogP contribution in [0.5, 0.6) is 0 Å². The Balaban J connectivity index is 2.10. The number of aryl methyl sites for hydroxylation is 2. The normalized spacial score (nSPS) is 12.2. The number of hydrogen-bond acceptors (Lipinski definition) is 3. The Labute approximate surface area is 153 Å². The van der Waals surface area contributed by atoms with Crippen LogP contribution >= 0.6 is 0 Å². The number of benzene rings is 2. The smallest absolute Gasteiger partial charge is 0.131 e. The second-order valence-electron chi connectivity index (χ2n) is 6.74. The average molecular weight is 351 g/mol. The Bertz CT molecular complexity index is 907. The predicted molar refractivity (Wildman–Crippen MR) is 102 cm³/mol. The molecule has 0 aliphatic heterocycles. The lowest BCUT2D eigenvalue weighted by molar-refractivity contribution is -0.245. The first-order valence-electron chi connectivity index (χ1n) is 8.58. The van der Waals surface area contributed by atoms with E-state index in [0.717, 1.165) is 33.4 Å². The molecule has 4 heteroatoms. The van der Waals surface area contributed by atoms with Crippen LogP contribution in [-0.4, -0.2) is 16.8 Å². The van der Waals surface area contributed by atoms with Gasteiger partial charge in [0, 0.05) is 29.4 Å². The highest BCUT2D eigenvalue weighted by molar-refractivity contribution is 5.84. The molecule has 0 saturated carbocycles. The summed E-state index contributed by atoms with van der Waals surface area (Å²) in [5, 5.41) is 8.63.